The van der Waals surface area contributed by atoms with E-state index in [2.05, 4.69) is 99.5 Å². The minimum Gasteiger partial charge on any atom is -0.521 e. The Balaban J connectivity index is 1.28. The van der Waals surface area contributed by atoms with E-state index in [1.807, 2.05) is 52.0 Å². The van der Waals surface area contributed by atoms with Crippen molar-refractivity contribution in [2.45, 2.75) is 179 Å². The van der Waals surface area contributed by atoms with Crippen LogP contribution in [0.25, 0.3) is 22.3 Å². The minimum absolute atomic E-state index is 0.0410. The molecule has 3 saturated heterocycles. The first kappa shape index (κ1) is 55.9. The molecule has 9 rings (SSSR count). The molecule has 6 aromatic rings. The van der Waals surface area contributed by atoms with Crippen molar-refractivity contribution in [2.24, 2.45) is 0 Å². The highest BCUT2D eigenvalue weighted by Crippen LogP contribution is 2.54. The second-order valence-corrected chi connectivity index (χ2v) is 32.7. The summed E-state index contributed by atoms with van der Waals surface area (Å²) in [5.74, 6) is -1.01. The number of ketones is 1. The van der Waals surface area contributed by atoms with E-state index in [0.29, 0.717) is 16.7 Å². The second-order valence-electron chi connectivity index (χ2n) is 24.0. The quantitative estimate of drug-likeness (QED) is 0.0437. The number of nitrogens with two attached hydrogens (primary N) is 1. The molecule has 4 aromatic heterocycles. The van der Waals surface area contributed by atoms with Crippen molar-refractivity contribution in [3.8, 4) is 0 Å². The van der Waals surface area contributed by atoms with Crippen LogP contribution < -0.4 is 11.1 Å². The number of hydrogen-bond acceptors (Lipinski definition) is 17. The standard InChI is InChI=1S/C55H74N10O10Si2/c1-29(2)76(30(3)4)73-37-23-39(64-27-62-42-48(58-26-60-50(42)64)63-51(69)34-17-21-36(22-18-34)54(12,13)14)72-44(37)45(74-77(75-76,31(5)6)32(7)8)40(43(67)33-15-19-35(20-16-33)53(9,10)11)55(70)46(68)38(24-66)71-52(55)65-28-61-41-47(56)57-25-59-49(41)65/h15-22,25-32,37-39,44,46,52,66,68,70H,23-24H2,1-14H3,(H2,56,57,59)(H,58,60,63,69)/t37-,38+,39+,44-,46+,52+,55-/m0/s1. The Labute approximate surface area is 451 Å². The Morgan fingerprint density at radius 1 is 0.740 bits per heavy atom. The van der Waals surface area contributed by atoms with Crippen LogP contribution in [0.15, 0.2) is 85.2 Å². The number of nitrogens with one attached hydrogen (secondary N) is 1. The summed E-state index contributed by atoms with van der Waals surface area (Å²) >= 11 is 0. The molecule has 7 heterocycles. The zero-order valence-electron chi connectivity index (χ0n) is 46.5. The first-order chi connectivity index (χ1) is 36.2. The van der Waals surface area contributed by atoms with Gasteiger partial charge in [0.25, 0.3) is 5.91 Å². The van der Waals surface area contributed by atoms with Gasteiger partial charge in [0.15, 0.2) is 46.1 Å². The number of aromatic nitrogens is 8. The fourth-order valence-corrected chi connectivity index (χ4v) is 22.2. The van der Waals surface area contributed by atoms with Gasteiger partial charge < -0.3 is 48.8 Å². The topological polar surface area (TPSA) is 266 Å². The van der Waals surface area contributed by atoms with Crippen LogP contribution >= 0.6 is 0 Å². The molecule has 22 heteroatoms. The Bertz CT molecular complexity index is 3190. The molecule has 0 saturated carbocycles. The number of carbonyl (C=O) groups is 2. The predicted molar refractivity (Wildman–Crippen MR) is 294 cm³/mol. The summed E-state index contributed by atoms with van der Waals surface area (Å²) in [6, 6.07) is 14.5. The van der Waals surface area contributed by atoms with Crippen molar-refractivity contribution in [2.75, 3.05) is 17.7 Å². The second kappa shape index (κ2) is 20.4. The summed E-state index contributed by atoms with van der Waals surface area (Å²) in [6.07, 6.45) is -2.64. The summed E-state index contributed by atoms with van der Waals surface area (Å²) in [6.45, 7) is 28.2. The summed E-state index contributed by atoms with van der Waals surface area (Å²) in [4.78, 5) is 56.9. The largest absolute Gasteiger partial charge is 0.521 e. The van der Waals surface area contributed by atoms with Gasteiger partial charge in [0, 0.05) is 28.6 Å². The third-order valence-corrected chi connectivity index (χ3v) is 25.8. The van der Waals surface area contributed by atoms with Crippen molar-refractivity contribution in [3.63, 3.8) is 0 Å². The zero-order valence-corrected chi connectivity index (χ0v) is 48.5. The number of hydrogen-bond donors (Lipinski definition) is 5. The molecular weight excluding hydrogens is 1020 g/mol. The Morgan fingerprint density at radius 3 is 1.83 bits per heavy atom. The number of fused-ring (bicyclic) bond motifs is 3. The third-order valence-electron chi connectivity index (χ3n) is 15.6. The molecule has 0 unspecified atom stereocenters. The fraction of sp³-hybridized carbons (Fsp3) is 0.527. The lowest BCUT2D eigenvalue weighted by Crippen LogP contribution is -2.65. The van der Waals surface area contributed by atoms with Crippen molar-refractivity contribution < 1.29 is 47.3 Å². The van der Waals surface area contributed by atoms with Gasteiger partial charge in [-0.3, -0.25) is 18.7 Å². The van der Waals surface area contributed by atoms with Crippen LogP contribution in [-0.2, 0) is 33.3 Å². The van der Waals surface area contributed by atoms with E-state index in [1.54, 1.807) is 35.2 Å². The molecule has 7 atom stereocenters. The van der Waals surface area contributed by atoms with Crippen LogP contribution in [-0.4, -0.2) is 120 Å². The normalized spacial score (nSPS) is 25.4. The average molecular weight is 1090 g/mol. The van der Waals surface area contributed by atoms with E-state index < -0.39 is 77.6 Å². The molecule has 20 nitrogen and oxygen atoms in total. The zero-order chi connectivity index (χ0) is 55.9. The SMILES string of the molecule is CC(C)[Si]1(C(C)C)OC(=C(C(=O)c2ccc(C(C)(C)C)cc2)[C@]2(O)[C@H](O)[C@@H](CO)O[C@H]2n2cnc3c(N)ncnc32)[C@H]2O[C@@H](n3cnc4c(NC(=O)c5ccc(C(C)(C)C)cc5)ncnc43)C[C@@H]2O[Si](C(C)C)(C(C)C)O1. The van der Waals surface area contributed by atoms with E-state index in [-0.39, 0.29) is 79.4 Å². The van der Waals surface area contributed by atoms with E-state index in [1.165, 1.54) is 23.5 Å². The van der Waals surface area contributed by atoms with E-state index >= 15 is 4.79 Å². The molecule has 0 radical (unpaired) electrons. The van der Waals surface area contributed by atoms with Crippen LogP contribution in [0.1, 0.15) is 148 Å². The van der Waals surface area contributed by atoms with Crippen LogP contribution in [0.2, 0.25) is 22.2 Å². The van der Waals surface area contributed by atoms with Gasteiger partial charge in [0.1, 0.15) is 48.5 Å². The molecule has 6 N–H and O–H groups in total. The number of nitrogen functional groups attached to an aromatic ring is 1. The van der Waals surface area contributed by atoms with Crippen LogP contribution in [0.5, 0.6) is 0 Å². The van der Waals surface area contributed by atoms with Crippen molar-refractivity contribution >= 4 is 62.8 Å². The molecule has 3 aliphatic heterocycles. The van der Waals surface area contributed by atoms with Gasteiger partial charge in [-0.15, -0.1) is 0 Å². The predicted octanol–water partition coefficient (Wildman–Crippen LogP) is 8.46. The molecule has 1 amide bonds. The number of aliphatic hydroxyl groups excluding tert-OH is 2. The lowest BCUT2D eigenvalue weighted by Gasteiger charge is -2.52. The highest BCUT2D eigenvalue weighted by atomic mass is 28.5. The van der Waals surface area contributed by atoms with E-state index in [9.17, 15) is 20.1 Å². The van der Waals surface area contributed by atoms with Gasteiger partial charge >= 0.3 is 17.1 Å². The van der Waals surface area contributed by atoms with Gasteiger partial charge in [0.2, 0.25) is 0 Å². The smallest absolute Gasteiger partial charge is 0.395 e. The van der Waals surface area contributed by atoms with Crippen LogP contribution in [0.3, 0.4) is 0 Å². The van der Waals surface area contributed by atoms with Crippen LogP contribution in [0.4, 0.5) is 11.6 Å². The monoisotopic (exact) mass is 1090 g/mol. The first-order valence-electron chi connectivity index (χ1n) is 26.5. The Morgan fingerprint density at radius 2 is 1.27 bits per heavy atom. The number of imidazole rings is 2. The minimum atomic E-state index is -3.79. The maximum absolute atomic E-state index is 16.2. The molecule has 412 valence electrons. The van der Waals surface area contributed by atoms with Gasteiger partial charge in [-0.05, 0) is 45.2 Å². The van der Waals surface area contributed by atoms with Crippen LogP contribution in [0, 0.1) is 0 Å². The highest BCUT2D eigenvalue weighted by Gasteiger charge is 2.66. The molecule has 3 aliphatic rings. The number of Topliss-reactive ketones (excluding diaryl/α,β-unsaturated/α-hetero) is 1. The van der Waals surface area contributed by atoms with E-state index in [0.717, 1.165) is 11.1 Å². The summed E-state index contributed by atoms with van der Waals surface area (Å²) in [7, 11) is -7.21. The van der Waals surface area contributed by atoms with Crippen molar-refractivity contribution in [1.29, 1.82) is 0 Å². The molecular formula is C55H74N10O10Si2. The number of carbonyl (C=O) groups excluding carboxylic acids is 2. The molecule has 3 fully saturated rings. The number of ether oxygens (including phenoxy) is 2. The fourth-order valence-electron chi connectivity index (χ4n) is 11.1. The maximum atomic E-state index is 16.2. The number of nitrogens with zero attached hydrogens (tertiary/aromatic N) is 8. The molecule has 0 spiro atoms. The Hall–Kier alpha value is -5.83. The molecule has 77 heavy (non-hydrogen) atoms. The molecule has 0 aliphatic carbocycles. The maximum Gasteiger partial charge on any atom is 0.395 e. The summed E-state index contributed by atoms with van der Waals surface area (Å²) < 4.78 is 40.0. The van der Waals surface area contributed by atoms with Gasteiger partial charge in [0.05, 0.1) is 30.9 Å². The number of aliphatic hydroxyl groups is 3. The third kappa shape index (κ3) is 9.62. The first-order valence-corrected chi connectivity index (χ1v) is 30.4. The Kier molecular flexibility index (Phi) is 14.8. The number of rotatable bonds is 12. The van der Waals surface area contributed by atoms with Crippen molar-refractivity contribution in [3.05, 3.63) is 107 Å². The lowest BCUT2D eigenvalue weighted by atomic mass is 9.79. The van der Waals surface area contributed by atoms with Crippen molar-refractivity contribution in [1.82, 2.24) is 39.0 Å². The number of amides is 1. The van der Waals surface area contributed by atoms with Gasteiger partial charge in [-0.25, -0.2) is 29.9 Å². The van der Waals surface area contributed by atoms with E-state index in [4.69, 9.17) is 33.2 Å². The average Bonchev–Trinajstić information content (AvgIpc) is 4.32. The number of benzene rings is 2. The molecule has 2 aromatic carbocycles. The molecule has 0 bridgehead atoms. The summed E-state index contributed by atoms with van der Waals surface area (Å²) in [5, 5.41) is 40.6. The summed E-state index contributed by atoms with van der Waals surface area (Å²) in [5.41, 5.74) is 5.46. The van der Waals surface area contributed by atoms with Gasteiger partial charge in [-0.2, -0.15) is 0 Å². The number of anilines is 2. The highest BCUT2D eigenvalue weighted by molar-refractivity contribution is 6.84. The lowest BCUT2D eigenvalue weighted by molar-refractivity contribution is -0.0877. The van der Waals surface area contributed by atoms with Gasteiger partial charge in [-0.1, -0.05) is 133 Å².